The van der Waals surface area contributed by atoms with E-state index in [1.807, 2.05) is 0 Å². The lowest BCUT2D eigenvalue weighted by Gasteiger charge is -2.20. The highest BCUT2D eigenvalue weighted by Gasteiger charge is 2.20. The fourth-order valence-corrected chi connectivity index (χ4v) is 2.21. The number of hydrogen-bond acceptors (Lipinski definition) is 4. The molecule has 1 aromatic heterocycles. The minimum atomic E-state index is -0.643. The number of aromatic nitrogens is 1. The van der Waals surface area contributed by atoms with Crippen LogP contribution in [0.15, 0.2) is 36.4 Å². The number of anilines is 1. The van der Waals surface area contributed by atoms with Crippen molar-refractivity contribution in [1.29, 1.82) is 0 Å². The van der Waals surface area contributed by atoms with Gasteiger partial charge in [-0.15, -0.1) is 0 Å². The van der Waals surface area contributed by atoms with Gasteiger partial charge in [0.05, 0.1) is 5.69 Å². The number of pyridine rings is 1. The summed E-state index contributed by atoms with van der Waals surface area (Å²) in [5.74, 6) is -0.327. The summed E-state index contributed by atoms with van der Waals surface area (Å²) >= 11 is 6.01. The Labute approximate surface area is 146 Å². The van der Waals surface area contributed by atoms with Crippen molar-refractivity contribution in [2.75, 3.05) is 5.32 Å². The summed E-state index contributed by atoms with van der Waals surface area (Å²) in [6.07, 6.45) is -0.643. The maximum atomic E-state index is 12.7. The summed E-state index contributed by atoms with van der Waals surface area (Å²) in [5.41, 5.74) is 0.946. The topological polar surface area (TPSA) is 68.3 Å². The number of aryl methyl sites for hydroxylation is 1. The van der Waals surface area contributed by atoms with Crippen molar-refractivity contribution in [2.24, 2.45) is 0 Å². The maximum absolute atomic E-state index is 12.7. The van der Waals surface area contributed by atoms with E-state index in [1.54, 1.807) is 58.0 Å². The van der Waals surface area contributed by atoms with Gasteiger partial charge in [0, 0.05) is 16.3 Å². The third-order valence-corrected chi connectivity index (χ3v) is 3.22. The van der Waals surface area contributed by atoms with Crippen molar-refractivity contribution in [3.8, 4) is 0 Å². The Morgan fingerprint density at radius 1 is 1.17 bits per heavy atom. The van der Waals surface area contributed by atoms with Gasteiger partial charge in [-0.2, -0.15) is 0 Å². The van der Waals surface area contributed by atoms with E-state index in [-0.39, 0.29) is 17.0 Å². The van der Waals surface area contributed by atoms with Crippen LogP contribution in [0, 0.1) is 6.92 Å². The molecule has 5 nitrogen and oxygen atoms in total. The van der Waals surface area contributed by atoms with Crippen molar-refractivity contribution in [1.82, 2.24) is 4.98 Å². The van der Waals surface area contributed by atoms with Gasteiger partial charge < -0.3 is 4.74 Å². The Kier molecular flexibility index (Phi) is 5.24. The van der Waals surface area contributed by atoms with Gasteiger partial charge in [-0.1, -0.05) is 17.7 Å². The van der Waals surface area contributed by atoms with Crippen LogP contribution in [0.4, 0.5) is 10.5 Å². The number of nitrogens with one attached hydrogen (secondary N) is 1. The minimum absolute atomic E-state index is 0.256. The number of nitrogens with zero attached hydrogens (tertiary/aromatic N) is 1. The molecule has 0 radical (unpaired) electrons. The van der Waals surface area contributed by atoms with Crippen LogP contribution in [-0.2, 0) is 4.74 Å². The molecule has 126 valence electrons. The Bertz CT molecular complexity index is 782. The molecule has 1 heterocycles. The van der Waals surface area contributed by atoms with Crippen LogP contribution in [-0.4, -0.2) is 22.5 Å². The summed E-state index contributed by atoms with van der Waals surface area (Å²) in [4.78, 5) is 28.9. The van der Waals surface area contributed by atoms with Gasteiger partial charge in [-0.3, -0.25) is 10.1 Å². The van der Waals surface area contributed by atoms with Crippen molar-refractivity contribution in [3.63, 3.8) is 0 Å². The number of benzene rings is 1. The lowest BCUT2D eigenvalue weighted by atomic mass is 10.1. The van der Waals surface area contributed by atoms with Gasteiger partial charge in [0.2, 0.25) is 5.78 Å². The van der Waals surface area contributed by atoms with Crippen LogP contribution in [0.1, 0.15) is 42.5 Å². The van der Waals surface area contributed by atoms with Crippen molar-refractivity contribution >= 4 is 29.2 Å². The number of halogens is 1. The average Bonchev–Trinajstić information content (AvgIpc) is 2.46. The van der Waals surface area contributed by atoms with Crippen LogP contribution in [0.2, 0.25) is 5.02 Å². The molecule has 0 aliphatic rings. The monoisotopic (exact) mass is 346 g/mol. The smallest absolute Gasteiger partial charge is 0.412 e. The second kappa shape index (κ2) is 7.01. The van der Waals surface area contributed by atoms with Crippen LogP contribution >= 0.6 is 11.6 Å². The van der Waals surface area contributed by atoms with E-state index in [1.165, 1.54) is 6.07 Å². The molecule has 0 saturated heterocycles. The van der Waals surface area contributed by atoms with E-state index in [0.29, 0.717) is 10.7 Å². The van der Waals surface area contributed by atoms with E-state index < -0.39 is 11.7 Å². The molecular weight excluding hydrogens is 328 g/mol. The molecule has 0 aliphatic carbocycles. The fraction of sp³-hybridized carbons (Fsp3) is 0.278. The third kappa shape index (κ3) is 4.80. The van der Waals surface area contributed by atoms with E-state index >= 15 is 0 Å². The molecule has 24 heavy (non-hydrogen) atoms. The first kappa shape index (κ1) is 17.9. The number of amides is 1. The lowest BCUT2D eigenvalue weighted by Crippen LogP contribution is -2.27. The lowest BCUT2D eigenvalue weighted by molar-refractivity contribution is 0.0636. The van der Waals surface area contributed by atoms with E-state index in [2.05, 4.69) is 10.3 Å². The van der Waals surface area contributed by atoms with Gasteiger partial charge in [-0.05, 0) is 58.0 Å². The standard InChI is InChI=1S/C18H19ClN2O3/c1-11-6-5-7-15(20-11)16(22)13-10-12(19)8-9-14(13)21-17(23)24-18(2,3)4/h5-10H,1-4H3,(H,21,23). The first-order valence-corrected chi connectivity index (χ1v) is 7.81. The van der Waals surface area contributed by atoms with Crippen LogP contribution in [0.5, 0.6) is 0 Å². The molecule has 6 heteroatoms. The minimum Gasteiger partial charge on any atom is -0.444 e. The molecule has 0 unspecified atom stereocenters. The van der Waals surface area contributed by atoms with Crippen molar-refractivity contribution in [2.45, 2.75) is 33.3 Å². The molecule has 0 aliphatic heterocycles. The Morgan fingerprint density at radius 3 is 2.50 bits per heavy atom. The molecule has 0 fully saturated rings. The summed E-state index contributed by atoms with van der Waals surface area (Å²) in [6.45, 7) is 7.08. The molecule has 1 N–H and O–H groups in total. The summed E-state index contributed by atoms with van der Waals surface area (Å²) in [6, 6.07) is 9.83. The maximum Gasteiger partial charge on any atom is 0.412 e. The molecule has 0 saturated carbocycles. The highest BCUT2D eigenvalue weighted by atomic mass is 35.5. The molecule has 1 aromatic carbocycles. The number of rotatable bonds is 3. The Balaban J connectivity index is 2.34. The zero-order valence-electron chi connectivity index (χ0n) is 14.0. The first-order valence-electron chi connectivity index (χ1n) is 7.43. The number of ether oxygens (including phenoxy) is 1. The van der Waals surface area contributed by atoms with Gasteiger partial charge >= 0.3 is 6.09 Å². The number of carbonyl (C=O) groups is 2. The zero-order chi connectivity index (χ0) is 17.9. The predicted molar refractivity (Wildman–Crippen MR) is 93.7 cm³/mol. The predicted octanol–water partition coefficient (Wildman–Crippen LogP) is 4.62. The van der Waals surface area contributed by atoms with Crippen LogP contribution in [0.3, 0.4) is 0 Å². The van der Waals surface area contributed by atoms with E-state index in [9.17, 15) is 9.59 Å². The Hall–Kier alpha value is -2.40. The molecular formula is C18H19ClN2O3. The highest BCUT2D eigenvalue weighted by Crippen LogP contribution is 2.24. The van der Waals surface area contributed by atoms with Gasteiger partial charge in [0.1, 0.15) is 11.3 Å². The zero-order valence-corrected chi connectivity index (χ0v) is 14.8. The largest absolute Gasteiger partial charge is 0.444 e. The summed E-state index contributed by atoms with van der Waals surface area (Å²) < 4.78 is 5.22. The van der Waals surface area contributed by atoms with Crippen LogP contribution < -0.4 is 5.32 Å². The summed E-state index contributed by atoms with van der Waals surface area (Å²) in [5, 5.41) is 2.98. The molecule has 2 rings (SSSR count). The SMILES string of the molecule is Cc1cccc(C(=O)c2cc(Cl)ccc2NC(=O)OC(C)(C)C)n1. The van der Waals surface area contributed by atoms with Crippen molar-refractivity contribution < 1.29 is 14.3 Å². The molecule has 0 atom stereocenters. The van der Waals surface area contributed by atoms with Gasteiger partial charge in [-0.25, -0.2) is 9.78 Å². The highest BCUT2D eigenvalue weighted by molar-refractivity contribution is 6.31. The fourth-order valence-electron chi connectivity index (χ4n) is 2.03. The molecule has 0 spiro atoms. The number of hydrogen-bond donors (Lipinski definition) is 1. The molecule has 2 aromatic rings. The molecule has 1 amide bonds. The average molecular weight is 347 g/mol. The van der Waals surface area contributed by atoms with E-state index in [0.717, 1.165) is 5.69 Å². The number of carbonyl (C=O) groups excluding carboxylic acids is 2. The first-order chi connectivity index (χ1) is 11.2. The molecule has 0 bridgehead atoms. The second-order valence-corrected chi connectivity index (χ2v) is 6.75. The van der Waals surface area contributed by atoms with Crippen LogP contribution in [0.25, 0.3) is 0 Å². The normalized spacial score (nSPS) is 11.0. The van der Waals surface area contributed by atoms with E-state index in [4.69, 9.17) is 16.3 Å². The van der Waals surface area contributed by atoms with Gasteiger partial charge in [0.15, 0.2) is 0 Å². The number of ketones is 1. The summed E-state index contributed by atoms with van der Waals surface area (Å²) in [7, 11) is 0. The third-order valence-electron chi connectivity index (χ3n) is 2.98. The second-order valence-electron chi connectivity index (χ2n) is 6.31. The Morgan fingerprint density at radius 2 is 1.88 bits per heavy atom. The quantitative estimate of drug-likeness (QED) is 0.823. The van der Waals surface area contributed by atoms with Crippen molar-refractivity contribution in [3.05, 3.63) is 58.4 Å². The van der Waals surface area contributed by atoms with Gasteiger partial charge in [0.25, 0.3) is 0 Å².